The SMILES string of the molecule is CC/C=C\C/C=C\C/C=C\C/C=C\C/C=C\C/C=C\CCCCCCCCCCCCC(=O)OCC(O)COP(=O)(O)OCC(O)COP(=O)(O)OCC(COC(=O)CCCCCCCCCCCCC/C=C\C/C=C\C/C=C\C/C=C\CCCCC)OC(=O)CCCCCCC/C=C\CCCCCCCC. The fraction of sp³-hybridized carbons (Fsp3) is 0.719. The molecule has 0 aromatic rings. The summed E-state index contributed by atoms with van der Waals surface area (Å²) >= 11 is 0. The van der Waals surface area contributed by atoms with Gasteiger partial charge in [0.2, 0.25) is 0 Å². The number of carbonyl (C=O) groups excluding carboxylic acids is 3. The van der Waals surface area contributed by atoms with Crippen LogP contribution in [-0.2, 0) is 55.8 Å². The van der Waals surface area contributed by atoms with Crippen LogP contribution in [0.4, 0.5) is 0 Å². The van der Waals surface area contributed by atoms with Crippen molar-refractivity contribution >= 4 is 33.6 Å². The van der Waals surface area contributed by atoms with E-state index in [-0.39, 0.29) is 19.3 Å². The molecule has 0 bridgehead atoms. The van der Waals surface area contributed by atoms with Gasteiger partial charge in [0.05, 0.1) is 26.4 Å². The van der Waals surface area contributed by atoms with Crippen LogP contribution in [0.1, 0.15) is 355 Å². The number of phosphoric acid groups is 2. The molecule has 0 saturated carbocycles. The van der Waals surface area contributed by atoms with E-state index >= 15 is 0 Å². The highest BCUT2D eigenvalue weighted by atomic mass is 31.2. The van der Waals surface area contributed by atoms with Gasteiger partial charge in [-0.25, -0.2) is 9.13 Å². The van der Waals surface area contributed by atoms with Crippen molar-refractivity contribution in [1.29, 1.82) is 0 Å². The topological polar surface area (TPSA) is 231 Å². The van der Waals surface area contributed by atoms with Gasteiger partial charge in [-0.05, 0) is 141 Å². The number of aliphatic hydroxyl groups excluding tert-OH is 2. The van der Waals surface area contributed by atoms with E-state index < -0.39 is 91.5 Å². The molecule has 16 nitrogen and oxygen atoms in total. The number of rotatable bonds is 80. The number of unbranched alkanes of at least 4 members (excludes halogenated alkanes) is 35. The Morgan fingerprint density at radius 2 is 0.495 bits per heavy atom. The summed E-state index contributed by atoms with van der Waals surface area (Å²) in [6, 6.07) is 0. The number of hydrogen-bond donors (Lipinski definition) is 4. The molecular weight excluding hydrogens is 1390 g/mol. The summed E-state index contributed by atoms with van der Waals surface area (Å²) in [6.07, 6.45) is 99.2. The number of aliphatic hydroxyl groups is 2. The number of esters is 3. The van der Waals surface area contributed by atoms with Crippen molar-refractivity contribution in [1.82, 2.24) is 0 Å². The minimum absolute atomic E-state index is 0.0933. The minimum atomic E-state index is -4.94. The van der Waals surface area contributed by atoms with E-state index in [2.05, 4.69) is 154 Å². The highest BCUT2D eigenvalue weighted by molar-refractivity contribution is 7.47. The summed E-state index contributed by atoms with van der Waals surface area (Å²) in [6.45, 7) is 2.55. The predicted molar refractivity (Wildman–Crippen MR) is 445 cm³/mol. The third kappa shape index (κ3) is 82.5. The highest BCUT2D eigenvalue weighted by Crippen LogP contribution is 2.45. The van der Waals surface area contributed by atoms with E-state index in [1.807, 2.05) is 0 Å². The smallest absolute Gasteiger partial charge is 0.463 e. The molecule has 0 aliphatic heterocycles. The van der Waals surface area contributed by atoms with Crippen LogP contribution in [0.3, 0.4) is 0 Å². The van der Waals surface area contributed by atoms with E-state index in [1.54, 1.807) is 0 Å². The molecule has 0 rings (SSSR count). The van der Waals surface area contributed by atoms with Gasteiger partial charge in [0.25, 0.3) is 0 Å². The Morgan fingerprint density at radius 3 is 0.813 bits per heavy atom. The van der Waals surface area contributed by atoms with Gasteiger partial charge in [-0.3, -0.25) is 32.5 Å². The van der Waals surface area contributed by atoms with E-state index in [4.69, 9.17) is 32.3 Å². The van der Waals surface area contributed by atoms with Gasteiger partial charge in [0, 0.05) is 19.3 Å². The molecule has 0 saturated heterocycles. The van der Waals surface area contributed by atoms with E-state index in [9.17, 15) is 43.5 Å². The Labute approximate surface area is 652 Å². The van der Waals surface area contributed by atoms with Gasteiger partial charge in [-0.1, -0.05) is 328 Å². The Hall–Kier alpha value is -4.31. The highest BCUT2D eigenvalue weighted by Gasteiger charge is 2.29. The molecular formula is C89H154O16P2. The molecule has 0 fully saturated rings. The second kappa shape index (κ2) is 81.2. The van der Waals surface area contributed by atoms with Crippen molar-refractivity contribution in [2.24, 2.45) is 0 Å². The fourth-order valence-electron chi connectivity index (χ4n) is 11.4. The van der Waals surface area contributed by atoms with Crippen LogP contribution in [0.15, 0.2) is 134 Å². The zero-order valence-electron chi connectivity index (χ0n) is 67.5. The number of ether oxygens (including phenoxy) is 3. The number of allylic oxidation sites excluding steroid dienone is 22. The monoisotopic (exact) mass is 1540 g/mol. The van der Waals surface area contributed by atoms with Crippen LogP contribution in [0.2, 0.25) is 0 Å². The first-order chi connectivity index (χ1) is 52.2. The van der Waals surface area contributed by atoms with Gasteiger partial charge >= 0.3 is 33.6 Å². The summed E-state index contributed by atoms with van der Waals surface area (Å²) in [5.74, 6) is -1.58. The molecule has 0 spiro atoms. The van der Waals surface area contributed by atoms with Crippen molar-refractivity contribution in [2.75, 3.05) is 39.6 Å². The molecule has 5 unspecified atom stereocenters. The first-order valence-electron chi connectivity index (χ1n) is 42.5. The standard InChI is InChI=1S/C89H154O16P2/c1-4-7-10-13-16-19-22-25-28-30-32-34-36-38-40-41-43-45-46-48-50-52-55-57-60-63-66-69-72-75-87(92)99-78-84(90)79-101-106(95,96)102-80-85(91)81-103-107(97,98)104-83-86(105-89(94)77-74-71-68-65-62-59-54-27-24-21-18-15-12-9-6-3)82-100-88(93)76-73-70-67-64-61-58-56-53-51-49-47-44-42-39-37-35-33-31-29-26-23-20-17-14-11-8-5-2/h7,10,16-17,19-20,25-29,32-35,38-40,42-43,45,54,84-86,90-91H,4-6,8-9,11-15,18,21-24,30-31,36-37,41,44,46-53,55-83H2,1-3H3,(H,95,96)(H,97,98)/b10-7-,19-16-,20-17-,28-25-,29-26-,34-32-,35-33-,40-38-,42-39-,45-43-,54-27-. The molecule has 0 radical (unpaired) electrons. The van der Waals surface area contributed by atoms with Crippen molar-refractivity contribution in [3.63, 3.8) is 0 Å². The second-order valence-electron chi connectivity index (χ2n) is 28.2. The molecule has 0 heterocycles. The maximum Gasteiger partial charge on any atom is 0.472 e. The average Bonchev–Trinajstić information content (AvgIpc) is 0.914. The number of carbonyl (C=O) groups is 3. The number of hydrogen-bond acceptors (Lipinski definition) is 14. The Balaban J connectivity index is 4.54. The summed E-state index contributed by atoms with van der Waals surface area (Å²) in [7, 11) is -9.80. The molecule has 616 valence electrons. The molecule has 4 N–H and O–H groups in total. The zero-order chi connectivity index (χ0) is 78.0. The van der Waals surface area contributed by atoms with Crippen molar-refractivity contribution < 1.29 is 75.8 Å². The molecule has 18 heteroatoms. The van der Waals surface area contributed by atoms with Crippen LogP contribution in [0, 0.1) is 0 Å². The lowest BCUT2D eigenvalue weighted by atomic mass is 10.0. The molecule has 0 amide bonds. The predicted octanol–water partition coefficient (Wildman–Crippen LogP) is 25.4. The average molecular weight is 1540 g/mol. The van der Waals surface area contributed by atoms with Crippen molar-refractivity contribution in [2.45, 2.75) is 373 Å². The van der Waals surface area contributed by atoms with Crippen LogP contribution >= 0.6 is 15.6 Å². The molecule has 0 aliphatic rings. The largest absolute Gasteiger partial charge is 0.472 e. The molecule has 107 heavy (non-hydrogen) atoms. The van der Waals surface area contributed by atoms with Gasteiger partial charge in [-0.15, -0.1) is 0 Å². The fourth-order valence-corrected chi connectivity index (χ4v) is 13.0. The summed E-state index contributed by atoms with van der Waals surface area (Å²) in [4.78, 5) is 58.8. The quantitative estimate of drug-likeness (QED) is 0.0146. The normalized spacial score (nSPS) is 14.6. The lowest BCUT2D eigenvalue weighted by Crippen LogP contribution is -2.30. The lowest BCUT2D eigenvalue weighted by Gasteiger charge is -2.21. The maximum absolute atomic E-state index is 13.0. The van der Waals surface area contributed by atoms with E-state index in [1.165, 1.54) is 135 Å². The molecule has 0 aromatic carbocycles. The third-order valence-corrected chi connectivity index (χ3v) is 19.7. The first kappa shape index (κ1) is 103. The number of phosphoric ester groups is 2. The molecule has 5 atom stereocenters. The van der Waals surface area contributed by atoms with Crippen molar-refractivity contribution in [3.8, 4) is 0 Å². The van der Waals surface area contributed by atoms with Gasteiger partial charge in [0.15, 0.2) is 6.10 Å². The van der Waals surface area contributed by atoms with E-state index in [0.717, 1.165) is 161 Å². The third-order valence-electron chi connectivity index (χ3n) is 17.8. The zero-order valence-corrected chi connectivity index (χ0v) is 69.3. The van der Waals surface area contributed by atoms with Crippen LogP contribution < -0.4 is 0 Å². The Morgan fingerprint density at radius 1 is 0.271 bits per heavy atom. The molecule has 0 aliphatic carbocycles. The Bertz CT molecular complexity index is 2480. The molecule has 0 aromatic heterocycles. The van der Waals surface area contributed by atoms with Crippen molar-refractivity contribution in [3.05, 3.63) is 134 Å². The van der Waals surface area contributed by atoms with Crippen LogP contribution in [-0.4, -0.2) is 95.9 Å². The summed E-state index contributed by atoms with van der Waals surface area (Å²) in [5, 5.41) is 20.7. The summed E-state index contributed by atoms with van der Waals surface area (Å²) in [5.41, 5.74) is 0. The second-order valence-corrected chi connectivity index (χ2v) is 31.2. The van der Waals surface area contributed by atoms with Gasteiger partial charge < -0.3 is 34.2 Å². The Kier molecular flexibility index (Phi) is 77.9. The van der Waals surface area contributed by atoms with Gasteiger partial charge in [-0.2, -0.15) is 0 Å². The van der Waals surface area contributed by atoms with E-state index in [0.29, 0.717) is 19.3 Å². The lowest BCUT2D eigenvalue weighted by molar-refractivity contribution is -0.161. The van der Waals surface area contributed by atoms with Gasteiger partial charge in [0.1, 0.15) is 25.4 Å². The van der Waals surface area contributed by atoms with Crippen LogP contribution in [0.5, 0.6) is 0 Å². The maximum atomic E-state index is 13.0. The van der Waals surface area contributed by atoms with Crippen LogP contribution in [0.25, 0.3) is 0 Å². The first-order valence-corrected chi connectivity index (χ1v) is 45.5. The summed E-state index contributed by atoms with van der Waals surface area (Å²) < 4.78 is 61.3. The minimum Gasteiger partial charge on any atom is -0.463 e.